The second-order valence-corrected chi connectivity index (χ2v) is 5.22. The van der Waals surface area contributed by atoms with Gasteiger partial charge >= 0.3 is 0 Å². The van der Waals surface area contributed by atoms with E-state index in [1.54, 1.807) is 0 Å². The Bertz CT molecular complexity index is 598. The van der Waals surface area contributed by atoms with Gasteiger partial charge in [-0.25, -0.2) is 4.98 Å². The number of benzene rings is 1. The van der Waals surface area contributed by atoms with Crippen LogP contribution >= 0.6 is 11.3 Å². The van der Waals surface area contributed by atoms with Gasteiger partial charge in [-0.05, 0) is 30.5 Å². The van der Waals surface area contributed by atoms with Crippen LogP contribution in [0.2, 0.25) is 0 Å². The van der Waals surface area contributed by atoms with Crippen LogP contribution in [0.1, 0.15) is 35.0 Å². The second-order valence-electron chi connectivity index (χ2n) is 4.14. The SMILES string of the molecule is CCc1cccc(OCc2nc(CC)c(C#N)s2)c1. The van der Waals surface area contributed by atoms with Gasteiger partial charge in [0.25, 0.3) is 0 Å². The molecule has 1 aromatic carbocycles. The molecule has 0 fully saturated rings. The van der Waals surface area contributed by atoms with Crippen LogP contribution in [-0.4, -0.2) is 4.98 Å². The van der Waals surface area contributed by atoms with Crippen LogP contribution in [0.4, 0.5) is 0 Å². The van der Waals surface area contributed by atoms with Crippen molar-refractivity contribution in [2.24, 2.45) is 0 Å². The highest BCUT2D eigenvalue weighted by Gasteiger charge is 2.09. The van der Waals surface area contributed by atoms with Crippen LogP contribution in [-0.2, 0) is 19.4 Å². The summed E-state index contributed by atoms with van der Waals surface area (Å²) in [4.78, 5) is 5.13. The lowest BCUT2D eigenvalue weighted by Gasteiger charge is -2.05. The number of hydrogen-bond acceptors (Lipinski definition) is 4. The molecule has 4 heteroatoms. The fourth-order valence-electron chi connectivity index (χ4n) is 1.79. The summed E-state index contributed by atoms with van der Waals surface area (Å²) in [6.45, 7) is 4.55. The summed E-state index contributed by atoms with van der Waals surface area (Å²) in [5, 5.41) is 9.85. The lowest BCUT2D eigenvalue weighted by Crippen LogP contribution is -1.96. The molecule has 0 amide bonds. The second kappa shape index (κ2) is 6.35. The van der Waals surface area contributed by atoms with Crippen molar-refractivity contribution in [3.8, 4) is 11.8 Å². The van der Waals surface area contributed by atoms with Crippen LogP contribution in [0.15, 0.2) is 24.3 Å². The zero-order valence-corrected chi connectivity index (χ0v) is 12.0. The highest BCUT2D eigenvalue weighted by atomic mass is 32.1. The Kier molecular flexibility index (Phi) is 4.53. The third kappa shape index (κ3) is 3.33. The van der Waals surface area contributed by atoms with E-state index in [0.29, 0.717) is 11.5 Å². The van der Waals surface area contributed by atoms with Crippen LogP contribution in [0.25, 0.3) is 0 Å². The molecule has 0 unspecified atom stereocenters. The first-order valence-corrected chi connectivity index (χ1v) is 7.18. The lowest BCUT2D eigenvalue weighted by atomic mass is 10.2. The van der Waals surface area contributed by atoms with Crippen molar-refractivity contribution in [2.75, 3.05) is 0 Å². The Hall–Kier alpha value is -1.86. The van der Waals surface area contributed by atoms with E-state index in [2.05, 4.69) is 24.0 Å². The predicted molar refractivity (Wildman–Crippen MR) is 76.4 cm³/mol. The smallest absolute Gasteiger partial charge is 0.140 e. The summed E-state index contributed by atoms with van der Waals surface area (Å²) < 4.78 is 5.73. The zero-order valence-electron chi connectivity index (χ0n) is 11.1. The van der Waals surface area contributed by atoms with Crippen LogP contribution in [0, 0.1) is 11.3 Å². The van der Waals surface area contributed by atoms with E-state index in [0.717, 1.165) is 29.3 Å². The first-order valence-electron chi connectivity index (χ1n) is 6.37. The molecule has 1 aromatic heterocycles. The monoisotopic (exact) mass is 272 g/mol. The number of rotatable bonds is 5. The first-order chi connectivity index (χ1) is 9.26. The van der Waals surface area contributed by atoms with Gasteiger partial charge in [-0.1, -0.05) is 26.0 Å². The maximum Gasteiger partial charge on any atom is 0.140 e. The zero-order chi connectivity index (χ0) is 13.7. The highest BCUT2D eigenvalue weighted by Crippen LogP contribution is 2.21. The number of hydrogen-bond donors (Lipinski definition) is 0. The standard InChI is InChI=1S/C15H16N2OS/c1-3-11-6-5-7-12(8-11)18-10-15-17-13(4-2)14(9-16)19-15/h5-8H,3-4,10H2,1-2H3. The van der Waals surface area contributed by atoms with E-state index < -0.39 is 0 Å². The quantitative estimate of drug-likeness (QED) is 0.833. The number of nitriles is 1. The minimum atomic E-state index is 0.423. The Morgan fingerprint density at radius 1 is 1.32 bits per heavy atom. The number of ether oxygens (including phenoxy) is 1. The summed E-state index contributed by atoms with van der Waals surface area (Å²) in [5.74, 6) is 0.853. The molecule has 2 aromatic rings. The van der Waals surface area contributed by atoms with E-state index in [9.17, 15) is 0 Å². The van der Waals surface area contributed by atoms with Crippen molar-refractivity contribution in [1.82, 2.24) is 4.98 Å². The summed E-state index contributed by atoms with van der Waals surface area (Å²) >= 11 is 1.42. The van der Waals surface area contributed by atoms with Gasteiger partial charge in [0.05, 0.1) is 5.69 Å². The fraction of sp³-hybridized carbons (Fsp3) is 0.333. The molecule has 0 atom stereocenters. The van der Waals surface area contributed by atoms with Crippen LogP contribution < -0.4 is 4.74 Å². The molecule has 0 saturated heterocycles. The number of aromatic nitrogens is 1. The molecule has 0 spiro atoms. The molecule has 19 heavy (non-hydrogen) atoms. The molecular formula is C15H16N2OS. The summed E-state index contributed by atoms with van der Waals surface area (Å²) in [7, 11) is 0. The van der Waals surface area contributed by atoms with E-state index in [1.165, 1.54) is 16.9 Å². The molecular weight excluding hydrogens is 256 g/mol. The average Bonchev–Trinajstić information content (AvgIpc) is 2.87. The van der Waals surface area contributed by atoms with Crippen LogP contribution in [0.3, 0.4) is 0 Å². The molecule has 0 saturated carbocycles. The average molecular weight is 272 g/mol. The van der Waals surface area contributed by atoms with Crippen LogP contribution in [0.5, 0.6) is 5.75 Å². The van der Waals surface area contributed by atoms with Gasteiger partial charge in [-0.15, -0.1) is 11.3 Å². The number of aryl methyl sites for hydroxylation is 2. The van der Waals surface area contributed by atoms with Gasteiger partial charge in [0.15, 0.2) is 0 Å². The molecule has 2 rings (SSSR count). The van der Waals surface area contributed by atoms with Gasteiger partial charge < -0.3 is 4.74 Å². The molecule has 0 radical (unpaired) electrons. The molecule has 0 aliphatic heterocycles. The third-order valence-electron chi connectivity index (χ3n) is 2.85. The fourth-order valence-corrected chi connectivity index (χ4v) is 2.65. The first kappa shape index (κ1) is 13.6. The predicted octanol–water partition coefficient (Wildman–Crippen LogP) is 3.72. The van der Waals surface area contributed by atoms with Gasteiger partial charge in [-0.2, -0.15) is 5.26 Å². The lowest BCUT2D eigenvalue weighted by molar-refractivity contribution is 0.305. The highest BCUT2D eigenvalue weighted by molar-refractivity contribution is 7.12. The Balaban J connectivity index is 2.06. The van der Waals surface area contributed by atoms with E-state index >= 15 is 0 Å². The molecule has 98 valence electrons. The van der Waals surface area contributed by atoms with E-state index in [4.69, 9.17) is 10.00 Å². The molecule has 0 aliphatic carbocycles. The van der Waals surface area contributed by atoms with Gasteiger partial charge in [-0.3, -0.25) is 0 Å². The van der Waals surface area contributed by atoms with Crippen molar-refractivity contribution in [3.05, 3.63) is 45.4 Å². The normalized spacial score (nSPS) is 10.2. The van der Waals surface area contributed by atoms with Crippen molar-refractivity contribution in [3.63, 3.8) is 0 Å². The summed E-state index contributed by atoms with van der Waals surface area (Å²) in [6.07, 6.45) is 1.78. The van der Waals surface area contributed by atoms with Gasteiger partial charge in [0, 0.05) is 0 Å². The van der Waals surface area contributed by atoms with Gasteiger partial charge in [0.2, 0.25) is 0 Å². The van der Waals surface area contributed by atoms with Crippen molar-refractivity contribution in [1.29, 1.82) is 5.26 Å². The summed E-state index contributed by atoms with van der Waals surface area (Å²) in [5.41, 5.74) is 2.12. The molecule has 0 aliphatic rings. The Morgan fingerprint density at radius 3 is 2.79 bits per heavy atom. The van der Waals surface area contributed by atoms with E-state index in [1.807, 2.05) is 25.1 Å². The maximum absolute atomic E-state index is 9.00. The van der Waals surface area contributed by atoms with Crippen molar-refractivity contribution in [2.45, 2.75) is 33.3 Å². The molecule has 0 N–H and O–H groups in total. The largest absolute Gasteiger partial charge is 0.486 e. The minimum Gasteiger partial charge on any atom is -0.486 e. The third-order valence-corrected chi connectivity index (χ3v) is 3.82. The minimum absolute atomic E-state index is 0.423. The maximum atomic E-state index is 9.00. The summed E-state index contributed by atoms with van der Waals surface area (Å²) in [6, 6.07) is 10.2. The Labute approximate surface area is 117 Å². The van der Waals surface area contributed by atoms with Crippen molar-refractivity contribution >= 4 is 11.3 Å². The van der Waals surface area contributed by atoms with E-state index in [-0.39, 0.29) is 0 Å². The number of thiazole rings is 1. The molecule has 1 heterocycles. The van der Waals surface area contributed by atoms with Crippen molar-refractivity contribution < 1.29 is 4.74 Å². The molecule has 0 bridgehead atoms. The van der Waals surface area contributed by atoms with Gasteiger partial charge in [0.1, 0.15) is 28.3 Å². The Morgan fingerprint density at radius 2 is 2.16 bits per heavy atom. The molecule has 3 nitrogen and oxygen atoms in total. The number of nitrogens with zero attached hydrogens (tertiary/aromatic N) is 2. The topological polar surface area (TPSA) is 45.9 Å².